The van der Waals surface area contributed by atoms with Gasteiger partial charge in [-0.1, -0.05) is 6.07 Å². The van der Waals surface area contributed by atoms with Gasteiger partial charge in [-0.05, 0) is 51.0 Å². The van der Waals surface area contributed by atoms with Gasteiger partial charge in [-0.25, -0.2) is 0 Å². The number of hydrogen-bond donors (Lipinski definition) is 3. The molecule has 1 aromatic heterocycles. The number of rotatable bonds is 5. The third-order valence-corrected chi connectivity index (χ3v) is 4.65. The Morgan fingerprint density at radius 2 is 2.05 bits per heavy atom. The van der Waals surface area contributed by atoms with E-state index in [4.69, 9.17) is 4.74 Å². The standard InChI is InChI=1S/C18H25NO3/c1-17(2,21)15(20)9-12-10-19-14-6-5-11(7-13(12)14)8-16-18(3,4)22-16/h5-7,10,15-16,19-21H,8-9H2,1-4H3. The Hall–Kier alpha value is -1.36. The largest absolute Gasteiger partial charge is 0.390 e. The van der Waals surface area contributed by atoms with Gasteiger partial charge in [0.2, 0.25) is 0 Å². The highest BCUT2D eigenvalue weighted by Gasteiger charge is 2.47. The quantitative estimate of drug-likeness (QED) is 0.744. The molecule has 0 bridgehead atoms. The van der Waals surface area contributed by atoms with Crippen molar-refractivity contribution in [2.75, 3.05) is 0 Å². The summed E-state index contributed by atoms with van der Waals surface area (Å²) in [5, 5.41) is 21.2. The zero-order chi connectivity index (χ0) is 16.1. The van der Waals surface area contributed by atoms with Crippen LogP contribution in [0.25, 0.3) is 10.9 Å². The highest BCUT2D eigenvalue weighted by atomic mass is 16.6. The van der Waals surface area contributed by atoms with Gasteiger partial charge in [-0.2, -0.15) is 0 Å². The minimum atomic E-state index is -1.10. The van der Waals surface area contributed by atoms with E-state index in [1.54, 1.807) is 13.8 Å². The highest BCUT2D eigenvalue weighted by Crippen LogP contribution is 2.38. The summed E-state index contributed by atoms with van der Waals surface area (Å²) in [6.07, 6.45) is 2.75. The van der Waals surface area contributed by atoms with Crippen molar-refractivity contribution in [2.24, 2.45) is 0 Å². The molecular formula is C18H25NO3. The maximum Gasteiger partial charge on any atom is 0.0908 e. The van der Waals surface area contributed by atoms with Crippen LogP contribution in [0.1, 0.15) is 38.8 Å². The van der Waals surface area contributed by atoms with Gasteiger partial charge in [0, 0.05) is 29.9 Å². The molecule has 2 aromatic rings. The van der Waals surface area contributed by atoms with Crippen molar-refractivity contribution < 1.29 is 14.9 Å². The molecule has 0 aliphatic carbocycles. The lowest BCUT2D eigenvalue weighted by Gasteiger charge is -2.24. The zero-order valence-electron chi connectivity index (χ0n) is 13.7. The van der Waals surface area contributed by atoms with Gasteiger partial charge in [-0.3, -0.25) is 0 Å². The minimum Gasteiger partial charge on any atom is -0.390 e. The van der Waals surface area contributed by atoms with E-state index < -0.39 is 11.7 Å². The third kappa shape index (κ3) is 3.05. The van der Waals surface area contributed by atoms with E-state index in [0.717, 1.165) is 22.9 Å². The van der Waals surface area contributed by atoms with Gasteiger partial charge in [0.15, 0.2) is 0 Å². The number of aromatic nitrogens is 1. The number of hydrogen-bond acceptors (Lipinski definition) is 3. The molecule has 0 saturated carbocycles. The molecule has 1 fully saturated rings. The normalized spacial score (nSPS) is 22.0. The topological polar surface area (TPSA) is 68.8 Å². The molecule has 120 valence electrons. The lowest BCUT2D eigenvalue weighted by atomic mass is 9.94. The summed E-state index contributed by atoms with van der Waals surface area (Å²) in [5.41, 5.74) is 2.21. The number of H-pyrrole nitrogens is 1. The van der Waals surface area contributed by atoms with Crippen molar-refractivity contribution in [2.45, 2.75) is 63.9 Å². The number of benzene rings is 1. The fourth-order valence-corrected chi connectivity index (χ4v) is 2.81. The van der Waals surface area contributed by atoms with E-state index in [9.17, 15) is 10.2 Å². The van der Waals surface area contributed by atoms with Gasteiger partial charge in [-0.15, -0.1) is 0 Å². The van der Waals surface area contributed by atoms with Crippen molar-refractivity contribution in [3.8, 4) is 0 Å². The Kier molecular flexibility index (Phi) is 3.59. The number of aromatic amines is 1. The van der Waals surface area contributed by atoms with Gasteiger partial charge >= 0.3 is 0 Å². The summed E-state index contributed by atoms with van der Waals surface area (Å²) in [7, 11) is 0. The highest BCUT2D eigenvalue weighted by molar-refractivity contribution is 5.84. The van der Waals surface area contributed by atoms with Crippen LogP contribution in [0.15, 0.2) is 24.4 Å². The van der Waals surface area contributed by atoms with Crippen LogP contribution in [-0.2, 0) is 17.6 Å². The van der Waals surface area contributed by atoms with Crippen LogP contribution < -0.4 is 0 Å². The number of aliphatic hydroxyl groups excluding tert-OH is 1. The Morgan fingerprint density at radius 1 is 1.36 bits per heavy atom. The number of aliphatic hydroxyl groups is 2. The molecule has 0 spiro atoms. The molecule has 1 aromatic carbocycles. The fourth-order valence-electron chi connectivity index (χ4n) is 2.81. The maximum absolute atomic E-state index is 10.1. The van der Waals surface area contributed by atoms with Crippen LogP contribution in [0.3, 0.4) is 0 Å². The molecule has 3 rings (SSSR count). The monoisotopic (exact) mass is 303 g/mol. The summed E-state index contributed by atoms with van der Waals surface area (Å²) in [4.78, 5) is 3.23. The van der Waals surface area contributed by atoms with E-state index in [-0.39, 0.29) is 11.7 Å². The van der Waals surface area contributed by atoms with Crippen molar-refractivity contribution in [3.63, 3.8) is 0 Å². The summed E-state index contributed by atoms with van der Waals surface area (Å²) in [6.45, 7) is 7.48. The molecule has 1 aliphatic rings. The van der Waals surface area contributed by atoms with E-state index in [1.807, 2.05) is 6.20 Å². The van der Waals surface area contributed by atoms with Crippen molar-refractivity contribution in [1.82, 2.24) is 4.98 Å². The van der Waals surface area contributed by atoms with E-state index in [0.29, 0.717) is 6.42 Å². The summed E-state index contributed by atoms with van der Waals surface area (Å²) in [5.74, 6) is 0. The smallest absolute Gasteiger partial charge is 0.0908 e. The second kappa shape index (κ2) is 5.08. The van der Waals surface area contributed by atoms with E-state index in [2.05, 4.69) is 37.0 Å². The molecule has 22 heavy (non-hydrogen) atoms. The number of fused-ring (bicyclic) bond motifs is 1. The predicted molar refractivity (Wildman–Crippen MR) is 87.0 cm³/mol. The first-order valence-electron chi connectivity index (χ1n) is 7.84. The summed E-state index contributed by atoms with van der Waals surface area (Å²) >= 11 is 0. The van der Waals surface area contributed by atoms with E-state index in [1.165, 1.54) is 5.56 Å². The Labute approximate surface area is 131 Å². The van der Waals surface area contributed by atoms with Gasteiger partial charge in [0.25, 0.3) is 0 Å². The summed E-state index contributed by atoms with van der Waals surface area (Å²) < 4.78 is 5.66. The van der Waals surface area contributed by atoms with Crippen LogP contribution in [-0.4, -0.2) is 38.6 Å². The fraction of sp³-hybridized carbons (Fsp3) is 0.556. The lowest BCUT2D eigenvalue weighted by Crippen LogP contribution is -2.37. The lowest BCUT2D eigenvalue weighted by molar-refractivity contribution is -0.0468. The first-order chi connectivity index (χ1) is 10.2. The van der Waals surface area contributed by atoms with Crippen LogP contribution >= 0.6 is 0 Å². The van der Waals surface area contributed by atoms with Crippen molar-refractivity contribution in [3.05, 3.63) is 35.5 Å². The molecule has 0 amide bonds. The molecule has 2 unspecified atom stereocenters. The van der Waals surface area contributed by atoms with Crippen molar-refractivity contribution in [1.29, 1.82) is 0 Å². The van der Waals surface area contributed by atoms with Gasteiger partial charge in [0.1, 0.15) is 0 Å². The zero-order valence-corrected chi connectivity index (χ0v) is 13.7. The first-order valence-corrected chi connectivity index (χ1v) is 7.84. The molecule has 3 N–H and O–H groups in total. The summed E-state index contributed by atoms with van der Waals surface area (Å²) in [6, 6.07) is 6.35. The van der Waals surface area contributed by atoms with Crippen LogP contribution in [0.4, 0.5) is 0 Å². The number of nitrogens with one attached hydrogen (secondary N) is 1. The maximum atomic E-state index is 10.1. The Bertz CT molecular complexity index is 681. The average Bonchev–Trinajstić information content (AvgIpc) is 2.82. The number of epoxide rings is 1. The molecule has 4 nitrogen and oxygen atoms in total. The first kappa shape index (κ1) is 15.5. The second-order valence-electron chi connectivity index (χ2n) is 7.48. The second-order valence-corrected chi connectivity index (χ2v) is 7.48. The minimum absolute atomic E-state index is 0.00690. The number of ether oxygens (including phenoxy) is 1. The molecular weight excluding hydrogens is 278 g/mol. The van der Waals surface area contributed by atoms with Crippen LogP contribution in [0, 0.1) is 0 Å². The van der Waals surface area contributed by atoms with Crippen LogP contribution in [0.5, 0.6) is 0 Å². The molecule has 1 aliphatic heterocycles. The predicted octanol–water partition coefficient (Wildman–Crippen LogP) is 2.56. The Morgan fingerprint density at radius 3 is 2.64 bits per heavy atom. The average molecular weight is 303 g/mol. The van der Waals surface area contributed by atoms with Crippen LogP contribution in [0.2, 0.25) is 0 Å². The molecule has 4 heteroatoms. The molecule has 2 heterocycles. The van der Waals surface area contributed by atoms with E-state index >= 15 is 0 Å². The van der Waals surface area contributed by atoms with Gasteiger partial charge < -0.3 is 19.9 Å². The van der Waals surface area contributed by atoms with Crippen molar-refractivity contribution >= 4 is 10.9 Å². The van der Waals surface area contributed by atoms with Gasteiger partial charge in [0.05, 0.1) is 23.4 Å². The molecule has 2 atom stereocenters. The SMILES string of the molecule is CC(C)(O)C(O)Cc1c[nH]c2ccc(CC3OC3(C)C)cc12. The third-order valence-electron chi connectivity index (χ3n) is 4.65. The molecule has 1 saturated heterocycles. The Balaban J connectivity index is 1.83. The molecule has 0 radical (unpaired) electrons.